The summed E-state index contributed by atoms with van der Waals surface area (Å²) >= 11 is 0. The van der Waals surface area contributed by atoms with Crippen molar-refractivity contribution in [2.75, 3.05) is 13.2 Å². The van der Waals surface area contributed by atoms with Crippen LogP contribution in [-0.4, -0.2) is 29.2 Å². The van der Waals surface area contributed by atoms with Gasteiger partial charge in [-0.05, 0) is 35.8 Å². The first-order valence-corrected chi connectivity index (χ1v) is 7.95. The van der Waals surface area contributed by atoms with Gasteiger partial charge in [-0.3, -0.25) is 4.90 Å². The van der Waals surface area contributed by atoms with Crippen LogP contribution in [0, 0.1) is 0 Å². The van der Waals surface area contributed by atoms with Crippen LogP contribution in [0.5, 0.6) is 0 Å². The Bertz CT molecular complexity index is 400. The molecule has 0 radical (unpaired) electrons. The second-order valence-electron chi connectivity index (χ2n) is 7.08. The predicted octanol–water partition coefficient (Wildman–Crippen LogP) is 3.72. The van der Waals surface area contributed by atoms with Gasteiger partial charge in [0.05, 0.1) is 0 Å². The van der Waals surface area contributed by atoms with Gasteiger partial charge in [0.25, 0.3) is 0 Å². The average Bonchev–Trinajstić information content (AvgIpc) is 2.33. The molecule has 0 aromatic heterocycles. The van der Waals surface area contributed by atoms with E-state index in [1.165, 1.54) is 30.4 Å². The lowest BCUT2D eigenvalue weighted by atomic mass is 9.86. The van der Waals surface area contributed by atoms with Gasteiger partial charge in [-0.1, -0.05) is 51.5 Å². The topological polar surface area (TPSA) is 23.5 Å². The molecule has 0 saturated heterocycles. The zero-order valence-corrected chi connectivity index (χ0v) is 13.2. The molecular formula is C18H29NO. The minimum absolute atomic E-state index is 0.225. The van der Waals surface area contributed by atoms with Gasteiger partial charge in [0.15, 0.2) is 0 Å². The number of benzene rings is 1. The van der Waals surface area contributed by atoms with Crippen molar-refractivity contribution in [3.8, 4) is 0 Å². The number of nitrogens with zero attached hydrogens (tertiary/aromatic N) is 1. The molecule has 0 aliphatic heterocycles. The molecule has 0 heterocycles. The average molecular weight is 275 g/mol. The summed E-state index contributed by atoms with van der Waals surface area (Å²) in [6, 6.07) is 9.81. The molecule has 1 aliphatic carbocycles. The molecule has 0 amide bonds. The van der Waals surface area contributed by atoms with E-state index in [-0.39, 0.29) is 5.41 Å². The van der Waals surface area contributed by atoms with Crippen LogP contribution in [0.1, 0.15) is 57.6 Å². The summed E-state index contributed by atoms with van der Waals surface area (Å²) in [7, 11) is 0. The smallest absolute Gasteiger partial charge is 0.0443 e. The van der Waals surface area contributed by atoms with Gasteiger partial charge in [0.2, 0.25) is 0 Å². The van der Waals surface area contributed by atoms with Gasteiger partial charge in [-0.25, -0.2) is 0 Å². The van der Waals surface area contributed by atoms with E-state index in [0.717, 1.165) is 25.6 Å². The van der Waals surface area contributed by atoms with Crippen LogP contribution in [0.2, 0.25) is 0 Å². The molecule has 1 saturated carbocycles. The molecule has 1 aliphatic rings. The monoisotopic (exact) mass is 275 g/mol. The Morgan fingerprint density at radius 3 is 2.25 bits per heavy atom. The number of aliphatic hydroxyl groups excluding tert-OH is 1. The summed E-state index contributed by atoms with van der Waals surface area (Å²) in [6.07, 6.45) is 4.90. The lowest BCUT2D eigenvalue weighted by Gasteiger charge is -2.37. The maximum atomic E-state index is 9.05. The molecule has 0 spiro atoms. The number of hydrogen-bond acceptors (Lipinski definition) is 2. The maximum absolute atomic E-state index is 9.05. The lowest BCUT2D eigenvalue weighted by Crippen LogP contribution is -2.40. The summed E-state index contributed by atoms with van der Waals surface area (Å²) in [5.41, 5.74) is 3.01. The van der Waals surface area contributed by atoms with Crippen molar-refractivity contribution in [2.24, 2.45) is 0 Å². The first-order valence-electron chi connectivity index (χ1n) is 7.95. The van der Waals surface area contributed by atoms with Crippen LogP contribution in [0.25, 0.3) is 0 Å². The van der Waals surface area contributed by atoms with E-state index in [1.807, 2.05) is 0 Å². The molecule has 1 aromatic carbocycles. The van der Waals surface area contributed by atoms with Crippen molar-refractivity contribution in [2.45, 2.75) is 64.5 Å². The second kappa shape index (κ2) is 6.73. The highest BCUT2D eigenvalue weighted by molar-refractivity contribution is 5.27. The van der Waals surface area contributed by atoms with E-state index < -0.39 is 0 Å². The number of rotatable bonds is 6. The molecule has 0 unspecified atom stereocenters. The van der Waals surface area contributed by atoms with Gasteiger partial charge in [-0.2, -0.15) is 0 Å². The number of hydrogen-bond donors (Lipinski definition) is 1. The largest absolute Gasteiger partial charge is 0.396 e. The maximum Gasteiger partial charge on any atom is 0.0443 e. The lowest BCUT2D eigenvalue weighted by molar-refractivity contribution is 0.109. The Balaban J connectivity index is 1.98. The molecule has 1 aromatic rings. The molecule has 2 rings (SSSR count). The van der Waals surface area contributed by atoms with Crippen LogP contribution in [0.15, 0.2) is 24.3 Å². The van der Waals surface area contributed by atoms with Crippen molar-refractivity contribution in [1.82, 2.24) is 4.90 Å². The van der Waals surface area contributed by atoms with Crippen LogP contribution in [0.3, 0.4) is 0 Å². The Hall–Kier alpha value is -0.860. The summed E-state index contributed by atoms with van der Waals surface area (Å²) < 4.78 is 0. The molecule has 112 valence electrons. The minimum atomic E-state index is 0.225. The molecule has 2 heteroatoms. The minimum Gasteiger partial charge on any atom is -0.396 e. The SMILES string of the molecule is CC(C)(C)c1ccc(CN(CCCO)C2CCC2)cc1. The van der Waals surface area contributed by atoms with Crippen LogP contribution in [0.4, 0.5) is 0 Å². The third kappa shape index (κ3) is 4.07. The molecule has 0 bridgehead atoms. The molecule has 1 N–H and O–H groups in total. The number of aliphatic hydroxyl groups is 1. The highest BCUT2D eigenvalue weighted by Gasteiger charge is 2.24. The molecular weight excluding hydrogens is 246 g/mol. The summed E-state index contributed by atoms with van der Waals surface area (Å²) in [5, 5.41) is 9.05. The Labute approximate surface area is 123 Å². The predicted molar refractivity (Wildman–Crippen MR) is 84.9 cm³/mol. The fourth-order valence-electron chi connectivity index (χ4n) is 2.76. The molecule has 0 atom stereocenters. The van der Waals surface area contributed by atoms with E-state index in [9.17, 15) is 0 Å². The van der Waals surface area contributed by atoms with Gasteiger partial charge in [0, 0.05) is 25.7 Å². The highest BCUT2D eigenvalue weighted by atomic mass is 16.3. The van der Waals surface area contributed by atoms with E-state index >= 15 is 0 Å². The summed E-state index contributed by atoms with van der Waals surface area (Å²) in [6.45, 7) is 9.10. The Kier molecular flexibility index (Phi) is 5.22. The Morgan fingerprint density at radius 1 is 1.15 bits per heavy atom. The van der Waals surface area contributed by atoms with Crippen LogP contribution < -0.4 is 0 Å². The van der Waals surface area contributed by atoms with Crippen molar-refractivity contribution in [3.63, 3.8) is 0 Å². The zero-order chi connectivity index (χ0) is 14.6. The van der Waals surface area contributed by atoms with Crippen molar-refractivity contribution >= 4 is 0 Å². The Morgan fingerprint density at radius 2 is 1.80 bits per heavy atom. The summed E-state index contributed by atoms with van der Waals surface area (Å²) in [4.78, 5) is 2.55. The normalized spacial score (nSPS) is 16.4. The van der Waals surface area contributed by atoms with Crippen LogP contribution in [-0.2, 0) is 12.0 Å². The molecule has 1 fully saturated rings. The quantitative estimate of drug-likeness (QED) is 0.855. The zero-order valence-electron chi connectivity index (χ0n) is 13.2. The fourth-order valence-corrected chi connectivity index (χ4v) is 2.76. The van der Waals surface area contributed by atoms with Crippen molar-refractivity contribution in [1.29, 1.82) is 0 Å². The van der Waals surface area contributed by atoms with E-state index in [0.29, 0.717) is 6.61 Å². The van der Waals surface area contributed by atoms with Crippen molar-refractivity contribution < 1.29 is 5.11 Å². The van der Waals surface area contributed by atoms with Crippen molar-refractivity contribution in [3.05, 3.63) is 35.4 Å². The molecule has 20 heavy (non-hydrogen) atoms. The molecule has 2 nitrogen and oxygen atoms in total. The standard InChI is InChI=1S/C18H29NO/c1-18(2,3)16-10-8-15(9-11-16)14-19(12-5-13-20)17-6-4-7-17/h8-11,17,20H,4-7,12-14H2,1-3H3. The van der Waals surface area contributed by atoms with Gasteiger partial charge < -0.3 is 5.11 Å². The van der Waals surface area contributed by atoms with Crippen LogP contribution >= 0.6 is 0 Å². The highest BCUT2D eigenvalue weighted by Crippen LogP contribution is 2.27. The van der Waals surface area contributed by atoms with Gasteiger partial charge in [-0.15, -0.1) is 0 Å². The first-order chi connectivity index (χ1) is 9.50. The fraction of sp³-hybridized carbons (Fsp3) is 0.667. The third-order valence-corrected chi connectivity index (χ3v) is 4.40. The van der Waals surface area contributed by atoms with E-state index in [2.05, 4.69) is 49.9 Å². The second-order valence-corrected chi connectivity index (χ2v) is 7.08. The van der Waals surface area contributed by atoms with E-state index in [1.54, 1.807) is 0 Å². The third-order valence-electron chi connectivity index (χ3n) is 4.40. The van der Waals surface area contributed by atoms with Gasteiger partial charge in [0.1, 0.15) is 0 Å². The van der Waals surface area contributed by atoms with E-state index in [4.69, 9.17) is 5.11 Å². The van der Waals surface area contributed by atoms with Gasteiger partial charge >= 0.3 is 0 Å². The first kappa shape index (κ1) is 15.5. The summed E-state index contributed by atoms with van der Waals surface area (Å²) in [5.74, 6) is 0.